The first kappa shape index (κ1) is 18.0. The van der Waals surface area contributed by atoms with Gasteiger partial charge in [-0.3, -0.25) is 0 Å². The fraction of sp³-hybridized carbons (Fsp3) is 0.684. The highest BCUT2D eigenvalue weighted by Crippen LogP contribution is 2.34. The fourth-order valence-corrected chi connectivity index (χ4v) is 2.71. The Morgan fingerprint density at radius 3 is 2.19 bits per heavy atom. The van der Waals surface area contributed by atoms with Crippen LogP contribution in [0.5, 0.6) is 5.75 Å². The van der Waals surface area contributed by atoms with Gasteiger partial charge in [-0.15, -0.1) is 0 Å². The van der Waals surface area contributed by atoms with E-state index in [1.165, 1.54) is 24.0 Å². The van der Waals surface area contributed by atoms with Crippen molar-refractivity contribution in [3.05, 3.63) is 29.3 Å². The van der Waals surface area contributed by atoms with Crippen LogP contribution in [0.3, 0.4) is 0 Å². The molecule has 0 amide bonds. The van der Waals surface area contributed by atoms with Gasteiger partial charge >= 0.3 is 0 Å². The Hall–Kier alpha value is -1.02. The van der Waals surface area contributed by atoms with Crippen molar-refractivity contribution in [2.24, 2.45) is 5.41 Å². The normalized spacial score (nSPS) is 12.5. The van der Waals surface area contributed by atoms with Crippen molar-refractivity contribution in [3.8, 4) is 5.75 Å². The van der Waals surface area contributed by atoms with Crippen LogP contribution in [0.25, 0.3) is 0 Å². The molecule has 1 aromatic rings. The van der Waals surface area contributed by atoms with Gasteiger partial charge in [-0.2, -0.15) is 0 Å². The zero-order chi connectivity index (χ0) is 16.1. The Kier molecular flexibility index (Phi) is 6.27. The predicted octanol–water partition coefficient (Wildman–Crippen LogP) is 4.74. The van der Waals surface area contributed by atoms with E-state index in [-0.39, 0.29) is 11.0 Å². The number of aryl methyl sites for hydroxylation is 1. The molecule has 0 aliphatic carbocycles. The van der Waals surface area contributed by atoms with Crippen molar-refractivity contribution in [2.75, 3.05) is 13.7 Å². The molecule has 0 aromatic heterocycles. The topological polar surface area (TPSA) is 21.3 Å². The van der Waals surface area contributed by atoms with Gasteiger partial charge in [0.05, 0.1) is 7.11 Å². The summed E-state index contributed by atoms with van der Waals surface area (Å²) in [7, 11) is 1.77. The molecule has 1 N–H and O–H groups in total. The molecule has 2 heteroatoms. The maximum atomic E-state index is 5.56. The maximum Gasteiger partial charge on any atom is 0.122 e. The second-order valence-electron chi connectivity index (χ2n) is 7.30. The minimum absolute atomic E-state index is 0.159. The highest BCUT2D eigenvalue weighted by molar-refractivity contribution is 5.37. The van der Waals surface area contributed by atoms with E-state index in [4.69, 9.17) is 4.74 Å². The summed E-state index contributed by atoms with van der Waals surface area (Å²) >= 11 is 0. The van der Waals surface area contributed by atoms with Crippen LogP contribution in [0, 0.1) is 12.3 Å². The molecule has 0 unspecified atom stereocenters. The molecule has 1 aromatic carbocycles. The molecule has 0 atom stereocenters. The Morgan fingerprint density at radius 1 is 1.10 bits per heavy atom. The number of methoxy groups -OCH3 is 1. The molecule has 0 aliphatic heterocycles. The second-order valence-corrected chi connectivity index (χ2v) is 7.30. The molecule has 0 saturated carbocycles. The van der Waals surface area contributed by atoms with Crippen LogP contribution in [-0.4, -0.2) is 19.2 Å². The molecule has 1 rings (SSSR count). The standard InChI is InChI=1S/C19H33NO/c1-8-19(9-2,14-20-18(4,5)6)13-16-12-15(3)10-11-17(16)21-7/h10-12,20H,8-9,13-14H2,1-7H3. The minimum atomic E-state index is 0.159. The number of hydrogen-bond donors (Lipinski definition) is 1. The van der Waals surface area contributed by atoms with Crippen LogP contribution in [0.2, 0.25) is 0 Å². The lowest BCUT2D eigenvalue weighted by molar-refractivity contribution is 0.218. The number of benzene rings is 1. The molecular formula is C19H33NO. The first-order valence-electron chi connectivity index (χ1n) is 8.14. The fourth-order valence-electron chi connectivity index (χ4n) is 2.71. The molecule has 0 heterocycles. The molecule has 0 bridgehead atoms. The van der Waals surface area contributed by atoms with Gasteiger partial charge in [0, 0.05) is 12.1 Å². The number of rotatable bonds is 7. The van der Waals surface area contributed by atoms with Crippen molar-refractivity contribution < 1.29 is 4.74 Å². The van der Waals surface area contributed by atoms with Gasteiger partial charge in [0.1, 0.15) is 5.75 Å². The van der Waals surface area contributed by atoms with Crippen molar-refractivity contribution in [1.82, 2.24) is 5.32 Å². The zero-order valence-electron chi connectivity index (χ0n) is 15.0. The summed E-state index contributed by atoms with van der Waals surface area (Å²) in [5.74, 6) is 1.02. The molecule has 0 spiro atoms. The molecule has 0 fully saturated rings. The Morgan fingerprint density at radius 2 is 1.71 bits per heavy atom. The summed E-state index contributed by atoms with van der Waals surface area (Å²) in [5, 5.41) is 3.70. The molecule has 120 valence electrons. The van der Waals surface area contributed by atoms with Crippen LogP contribution in [0.4, 0.5) is 0 Å². The summed E-state index contributed by atoms with van der Waals surface area (Å²) in [5.41, 5.74) is 3.08. The van der Waals surface area contributed by atoms with E-state index in [2.05, 4.69) is 65.1 Å². The van der Waals surface area contributed by atoms with E-state index in [1.54, 1.807) is 7.11 Å². The summed E-state index contributed by atoms with van der Waals surface area (Å²) in [6, 6.07) is 6.49. The SMILES string of the molecule is CCC(CC)(CNC(C)(C)C)Cc1cc(C)ccc1OC. The van der Waals surface area contributed by atoms with E-state index >= 15 is 0 Å². The summed E-state index contributed by atoms with van der Waals surface area (Å²) < 4.78 is 5.56. The highest BCUT2D eigenvalue weighted by Gasteiger charge is 2.29. The third-order valence-corrected chi connectivity index (χ3v) is 4.50. The van der Waals surface area contributed by atoms with Crippen LogP contribution in [-0.2, 0) is 6.42 Å². The van der Waals surface area contributed by atoms with Crippen molar-refractivity contribution >= 4 is 0 Å². The summed E-state index contributed by atoms with van der Waals surface area (Å²) in [6.45, 7) is 14.5. The predicted molar refractivity (Wildman–Crippen MR) is 92.2 cm³/mol. The molecule has 0 aliphatic rings. The van der Waals surface area contributed by atoms with Gasteiger partial charge in [0.25, 0.3) is 0 Å². The lowest BCUT2D eigenvalue weighted by Gasteiger charge is -2.36. The van der Waals surface area contributed by atoms with Crippen molar-refractivity contribution in [1.29, 1.82) is 0 Å². The van der Waals surface area contributed by atoms with Gasteiger partial charge in [0.15, 0.2) is 0 Å². The van der Waals surface area contributed by atoms with Gasteiger partial charge in [0.2, 0.25) is 0 Å². The molecular weight excluding hydrogens is 258 g/mol. The highest BCUT2D eigenvalue weighted by atomic mass is 16.5. The van der Waals surface area contributed by atoms with Crippen molar-refractivity contribution in [3.63, 3.8) is 0 Å². The summed E-state index contributed by atoms with van der Waals surface area (Å²) in [6.07, 6.45) is 3.40. The Bertz CT molecular complexity index is 441. The third kappa shape index (κ3) is 5.35. The average molecular weight is 291 g/mol. The van der Waals surface area contributed by atoms with E-state index in [0.29, 0.717) is 0 Å². The van der Waals surface area contributed by atoms with Crippen LogP contribution in [0.1, 0.15) is 58.6 Å². The number of nitrogens with one attached hydrogen (secondary N) is 1. The first-order valence-corrected chi connectivity index (χ1v) is 8.14. The Labute approximate surface area is 131 Å². The number of hydrogen-bond acceptors (Lipinski definition) is 2. The molecule has 2 nitrogen and oxygen atoms in total. The van der Waals surface area contributed by atoms with E-state index in [1.807, 2.05) is 0 Å². The van der Waals surface area contributed by atoms with Gasteiger partial charge in [-0.05, 0) is 64.0 Å². The van der Waals surface area contributed by atoms with Crippen LogP contribution >= 0.6 is 0 Å². The van der Waals surface area contributed by atoms with Gasteiger partial charge < -0.3 is 10.1 Å². The smallest absolute Gasteiger partial charge is 0.122 e. The second kappa shape index (κ2) is 7.31. The largest absolute Gasteiger partial charge is 0.496 e. The average Bonchev–Trinajstić information content (AvgIpc) is 2.43. The monoisotopic (exact) mass is 291 g/mol. The maximum absolute atomic E-state index is 5.56. The molecule has 21 heavy (non-hydrogen) atoms. The molecule has 0 saturated heterocycles. The lowest BCUT2D eigenvalue weighted by atomic mass is 9.76. The van der Waals surface area contributed by atoms with Gasteiger partial charge in [-0.1, -0.05) is 31.5 Å². The van der Waals surface area contributed by atoms with E-state index in [0.717, 1.165) is 18.7 Å². The molecule has 0 radical (unpaired) electrons. The zero-order valence-corrected chi connectivity index (χ0v) is 15.0. The summed E-state index contributed by atoms with van der Waals surface area (Å²) in [4.78, 5) is 0. The Balaban J connectivity index is 2.99. The van der Waals surface area contributed by atoms with E-state index < -0.39 is 0 Å². The number of ether oxygens (including phenoxy) is 1. The van der Waals surface area contributed by atoms with Crippen LogP contribution < -0.4 is 10.1 Å². The van der Waals surface area contributed by atoms with Crippen LogP contribution in [0.15, 0.2) is 18.2 Å². The van der Waals surface area contributed by atoms with Gasteiger partial charge in [-0.25, -0.2) is 0 Å². The van der Waals surface area contributed by atoms with Crippen molar-refractivity contribution in [2.45, 2.75) is 66.3 Å². The first-order chi connectivity index (χ1) is 9.75. The minimum Gasteiger partial charge on any atom is -0.496 e. The quantitative estimate of drug-likeness (QED) is 0.783. The van der Waals surface area contributed by atoms with E-state index in [9.17, 15) is 0 Å². The lowest BCUT2D eigenvalue weighted by Crippen LogP contribution is -2.44. The third-order valence-electron chi connectivity index (χ3n) is 4.50.